The number of nitrogens with zero attached hydrogens (tertiary/aromatic N) is 3. The van der Waals surface area contributed by atoms with Crippen LogP contribution in [0, 0.1) is 0 Å². The topological polar surface area (TPSA) is 94.0 Å². The Balaban J connectivity index is 2.14. The molecule has 0 saturated carbocycles. The molecule has 2 aromatic rings. The van der Waals surface area contributed by atoms with Crippen molar-refractivity contribution >= 4 is 21.4 Å². The van der Waals surface area contributed by atoms with Crippen LogP contribution in [0.2, 0.25) is 0 Å². The molecule has 0 unspecified atom stereocenters. The summed E-state index contributed by atoms with van der Waals surface area (Å²) in [6, 6.07) is 5.90. The molecule has 1 heterocycles. The number of amides is 1. The monoisotopic (exact) mass is 280 g/mol. The van der Waals surface area contributed by atoms with Gasteiger partial charge in [0.15, 0.2) is 15.5 Å². The molecule has 0 fully saturated rings. The van der Waals surface area contributed by atoms with Crippen molar-refractivity contribution in [3.05, 3.63) is 36.2 Å². The van der Waals surface area contributed by atoms with Crippen molar-refractivity contribution in [2.45, 2.75) is 4.90 Å². The van der Waals surface area contributed by atoms with Gasteiger partial charge in [-0.3, -0.25) is 9.48 Å². The fourth-order valence-corrected chi connectivity index (χ4v) is 2.06. The van der Waals surface area contributed by atoms with Gasteiger partial charge in [0.2, 0.25) is 0 Å². The van der Waals surface area contributed by atoms with Gasteiger partial charge in [-0.25, -0.2) is 8.42 Å². The summed E-state index contributed by atoms with van der Waals surface area (Å²) in [5.41, 5.74) is 0.678. The standard InChI is InChI=1S/C11H12N4O3S/c1-15-7-10(13-14-15)11(16)12-8-3-5-9(6-4-8)19(2,17)18/h3-7H,1-2H3,(H,12,16). The van der Waals surface area contributed by atoms with E-state index < -0.39 is 15.7 Å². The van der Waals surface area contributed by atoms with Crippen molar-refractivity contribution in [1.29, 1.82) is 0 Å². The van der Waals surface area contributed by atoms with E-state index in [0.717, 1.165) is 6.26 Å². The summed E-state index contributed by atoms with van der Waals surface area (Å²) in [6.45, 7) is 0. The molecule has 0 saturated heterocycles. The predicted octanol–water partition coefficient (Wildman–Crippen LogP) is 0.471. The number of aryl methyl sites for hydroxylation is 1. The minimum atomic E-state index is -3.24. The zero-order valence-corrected chi connectivity index (χ0v) is 11.2. The molecule has 0 bridgehead atoms. The largest absolute Gasteiger partial charge is 0.321 e. The highest BCUT2D eigenvalue weighted by Gasteiger charge is 2.11. The molecule has 0 aliphatic carbocycles. The second kappa shape index (κ2) is 4.81. The van der Waals surface area contributed by atoms with Gasteiger partial charge in [-0.05, 0) is 24.3 Å². The molecule has 100 valence electrons. The fourth-order valence-electron chi connectivity index (χ4n) is 1.43. The van der Waals surface area contributed by atoms with Crippen LogP contribution in [0.3, 0.4) is 0 Å². The second-order valence-corrected chi connectivity index (χ2v) is 6.04. The van der Waals surface area contributed by atoms with E-state index in [0.29, 0.717) is 5.69 Å². The lowest BCUT2D eigenvalue weighted by molar-refractivity contribution is 0.102. The summed E-state index contributed by atoms with van der Waals surface area (Å²) in [4.78, 5) is 12.0. The molecule has 7 nitrogen and oxygen atoms in total. The molecule has 1 amide bonds. The number of carbonyl (C=O) groups is 1. The van der Waals surface area contributed by atoms with Crippen LogP contribution in [0.5, 0.6) is 0 Å². The Morgan fingerprint density at radius 3 is 2.37 bits per heavy atom. The van der Waals surface area contributed by atoms with E-state index in [-0.39, 0.29) is 10.6 Å². The van der Waals surface area contributed by atoms with E-state index >= 15 is 0 Å². The van der Waals surface area contributed by atoms with Crippen molar-refractivity contribution in [2.24, 2.45) is 7.05 Å². The Morgan fingerprint density at radius 1 is 1.26 bits per heavy atom. The minimum absolute atomic E-state index is 0.190. The van der Waals surface area contributed by atoms with Gasteiger partial charge in [0.05, 0.1) is 11.1 Å². The summed E-state index contributed by atoms with van der Waals surface area (Å²) >= 11 is 0. The summed E-state index contributed by atoms with van der Waals surface area (Å²) in [5.74, 6) is -0.403. The third kappa shape index (κ3) is 3.16. The first-order chi connectivity index (χ1) is 8.86. The number of hydrogen-bond donors (Lipinski definition) is 1. The van der Waals surface area contributed by atoms with Crippen LogP contribution in [0.15, 0.2) is 35.4 Å². The van der Waals surface area contributed by atoms with Crippen molar-refractivity contribution in [1.82, 2.24) is 15.0 Å². The van der Waals surface area contributed by atoms with E-state index in [1.54, 1.807) is 7.05 Å². The van der Waals surface area contributed by atoms with Crippen LogP contribution in [0.4, 0.5) is 5.69 Å². The number of carbonyl (C=O) groups excluding carboxylic acids is 1. The average molecular weight is 280 g/mol. The fraction of sp³-hybridized carbons (Fsp3) is 0.182. The average Bonchev–Trinajstić information content (AvgIpc) is 2.75. The lowest BCUT2D eigenvalue weighted by Gasteiger charge is -2.03. The van der Waals surface area contributed by atoms with Crippen LogP contribution in [0.1, 0.15) is 10.5 Å². The summed E-state index contributed by atoms with van der Waals surface area (Å²) in [7, 11) is -1.58. The highest BCUT2D eigenvalue weighted by Crippen LogP contribution is 2.14. The summed E-state index contributed by atoms with van der Waals surface area (Å²) in [6.07, 6.45) is 2.61. The number of anilines is 1. The molecular weight excluding hydrogens is 268 g/mol. The number of nitrogens with one attached hydrogen (secondary N) is 1. The van der Waals surface area contributed by atoms with E-state index in [1.165, 1.54) is 35.1 Å². The highest BCUT2D eigenvalue weighted by molar-refractivity contribution is 7.90. The Bertz CT molecular complexity index is 704. The van der Waals surface area contributed by atoms with E-state index in [1.807, 2.05) is 0 Å². The first-order valence-electron chi connectivity index (χ1n) is 5.34. The number of sulfone groups is 1. The van der Waals surface area contributed by atoms with E-state index in [4.69, 9.17) is 0 Å². The van der Waals surface area contributed by atoms with Crippen LogP contribution in [0.25, 0.3) is 0 Å². The molecule has 0 radical (unpaired) electrons. The van der Waals surface area contributed by atoms with Crippen molar-refractivity contribution in [2.75, 3.05) is 11.6 Å². The molecule has 2 rings (SSSR count). The van der Waals surface area contributed by atoms with Crippen LogP contribution in [-0.2, 0) is 16.9 Å². The SMILES string of the molecule is Cn1cc(C(=O)Nc2ccc(S(C)(=O)=O)cc2)nn1. The maximum atomic E-state index is 11.8. The number of hydrogen-bond acceptors (Lipinski definition) is 5. The quantitative estimate of drug-likeness (QED) is 0.882. The van der Waals surface area contributed by atoms with Gasteiger partial charge in [0, 0.05) is 19.0 Å². The van der Waals surface area contributed by atoms with Gasteiger partial charge >= 0.3 is 0 Å². The molecule has 0 atom stereocenters. The zero-order chi connectivity index (χ0) is 14.0. The van der Waals surface area contributed by atoms with E-state index in [9.17, 15) is 13.2 Å². The first kappa shape index (κ1) is 13.2. The molecule has 19 heavy (non-hydrogen) atoms. The maximum Gasteiger partial charge on any atom is 0.277 e. The smallest absolute Gasteiger partial charge is 0.277 e. The number of aromatic nitrogens is 3. The molecular formula is C11H12N4O3S. The summed E-state index contributed by atoms with van der Waals surface area (Å²) in [5, 5.41) is 9.93. The van der Waals surface area contributed by atoms with Crippen LogP contribution in [-0.4, -0.2) is 35.6 Å². The van der Waals surface area contributed by atoms with Gasteiger partial charge in [-0.2, -0.15) is 0 Å². The van der Waals surface area contributed by atoms with Crippen molar-refractivity contribution in [3.63, 3.8) is 0 Å². The zero-order valence-electron chi connectivity index (χ0n) is 10.4. The van der Waals surface area contributed by atoms with Gasteiger partial charge < -0.3 is 5.32 Å². The molecule has 1 aromatic heterocycles. The van der Waals surface area contributed by atoms with Crippen LogP contribution >= 0.6 is 0 Å². The second-order valence-electron chi connectivity index (χ2n) is 4.03. The van der Waals surface area contributed by atoms with Gasteiger partial charge in [0.1, 0.15) is 0 Å². The van der Waals surface area contributed by atoms with Gasteiger partial charge in [-0.15, -0.1) is 5.10 Å². The predicted molar refractivity (Wildman–Crippen MR) is 68.5 cm³/mol. The molecule has 0 spiro atoms. The normalized spacial score (nSPS) is 11.3. The van der Waals surface area contributed by atoms with Crippen LogP contribution < -0.4 is 5.32 Å². The molecule has 0 aliphatic rings. The third-order valence-corrected chi connectivity index (χ3v) is 3.50. The molecule has 0 aliphatic heterocycles. The maximum absolute atomic E-state index is 11.8. The Hall–Kier alpha value is -2.22. The lowest BCUT2D eigenvalue weighted by Crippen LogP contribution is -2.12. The van der Waals surface area contributed by atoms with Crippen molar-refractivity contribution < 1.29 is 13.2 Å². The Kier molecular flexibility index (Phi) is 3.34. The first-order valence-corrected chi connectivity index (χ1v) is 7.23. The van der Waals surface area contributed by atoms with Crippen molar-refractivity contribution in [3.8, 4) is 0 Å². The van der Waals surface area contributed by atoms with Gasteiger partial charge in [-0.1, -0.05) is 5.21 Å². The lowest BCUT2D eigenvalue weighted by atomic mass is 10.3. The third-order valence-electron chi connectivity index (χ3n) is 2.38. The Labute approximate surface area is 110 Å². The van der Waals surface area contributed by atoms with E-state index in [2.05, 4.69) is 15.6 Å². The number of benzene rings is 1. The molecule has 1 aromatic carbocycles. The molecule has 8 heteroatoms. The number of rotatable bonds is 3. The Morgan fingerprint density at radius 2 is 1.89 bits per heavy atom. The minimum Gasteiger partial charge on any atom is -0.321 e. The van der Waals surface area contributed by atoms with Gasteiger partial charge in [0.25, 0.3) is 5.91 Å². The molecule has 1 N–H and O–H groups in total. The highest BCUT2D eigenvalue weighted by atomic mass is 32.2. The summed E-state index contributed by atoms with van der Waals surface area (Å²) < 4.78 is 24.0.